The van der Waals surface area contributed by atoms with Crippen LogP contribution in [-0.4, -0.2) is 62.8 Å². The number of carbonyl (C=O) groups is 1. The Morgan fingerprint density at radius 3 is 2.76 bits per heavy atom. The number of aromatic nitrogens is 5. The number of carbonyl (C=O) groups excluding carboxylic acids is 1. The second-order valence-electron chi connectivity index (χ2n) is 6.42. The normalized spacial score (nSPS) is 14.4. The number of esters is 1. The highest BCUT2D eigenvalue weighted by atomic mass is 35.5. The summed E-state index contributed by atoms with van der Waals surface area (Å²) < 4.78 is 23.9. The second-order valence-corrected chi connectivity index (χ2v) is 6.86. The van der Waals surface area contributed by atoms with E-state index in [2.05, 4.69) is 25.1 Å². The maximum absolute atomic E-state index is 13.8. The zero-order chi connectivity index (χ0) is 20.4. The van der Waals surface area contributed by atoms with Gasteiger partial charge in [-0.15, -0.1) is 10.2 Å². The second kappa shape index (κ2) is 8.10. The molecule has 9 nitrogen and oxygen atoms in total. The Morgan fingerprint density at radius 2 is 2.07 bits per heavy atom. The smallest absolute Gasteiger partial charge is 0.319 e. The lowest BCUT2D eigenvalue weighted by atomic mass is 10.1. The summed E-state index contributed by atoms with van der Waals surface area (Å²) in [7, 11) is 1.36. The number of pyridine rings is 1. The van der Waals surface area contributed by atoms with Crippen LogP contribution in [0.5, 0.6) is 11.6 Å². The molecule has 0 amide bonds. The zero-order valence-corrected chi connectivity index (χ0v) is 16.1. The summed E-state index contributed by atoms with van der Waals surface area (Å²) in [5.74, 6) is -0.210. The third-order valence-electron chi connectivity index (χ3n) is 4.37. The maximum atomic E-state index is 13.8. The number of likely N-dealkylation sites (tertiary alicyclic amines) is 1. The van der Waals surface area contributed by atoms with Crippen molar-refractivity contribution in [2.45, 2.75) is 6.04 Å². The van der Waals surface area contributed by atoms with E-state index in [0.717, 1.165) is 11.6 Å². The predicted molar refractivity (Wildman–Crippen MR) is 100 cm³/mol. The fraction of sp³-hybridized carbons (Fsp3) is 0.278. The molecule has 1 aliphatic heterocycles. The molecule has 0 radical (unpaired) electrons. The predicted octanol–water partition coefficient (Wildman–Crippen LogP) is 2.35. The van der Waals surface area contributed by atoms with Crippen LogP contribution in [0.2, 0.25) is 5.02 Å². The minimum absolute atomic E-state index is 0.0578. The number of methoxy groups -OCH3 is 1. The van der Waals surface area contributed by atoms with E-state index in [1.54, 1.807) is 29.1 Å². The molecule has 3 aromatic rings. The van der Waals surface area contributed by atoms with Gasteiger partial charge in [0.1, 0.15) is 5.75 Å². The summed E-state index contributed by atoms with van der Waals surface area (Å²) in [5, 5.41) is 12.8. The van der Waals surface area contributed by atoms with Crippen LogP contribution in [0, 0.1) is 5.82 Å². The number of hydrogen-bond acceptors (Lipinski definition) is 8. The van der Waals surface area contributed by atoms with Gasteiger partial charge in [0.2, 0.25) is 5.82 Å². The number of benzene rings is 1. The molecule has 0 atom stereocenters. The molecule has 1 aromatic carbocycles. The van der Waals surface area contributed by atoms with Crippen LogP contribution < -0.4 is 4.74 Å². The highest BCUT2D eigenvalue weighted by Crippen LogP contribution is 2.26. The average molecular weight is 419 g/mol. The van der Waals surface area contributed by atoms with Crippen molar-refractivity contribution in [3.63, 3.8) is 0 Å². The van der Waals surface area contributed by atoms with Gasteiger partial charge in [0.25, 0.3) is 5.88 Å². The molecule has 0 saturated carbocycles. The molecule has 0 unspecified atom stereocenters. The van der Waals surface area contributed by atoms with Gasteiger partial charge >= 0.3 is 5.97 Å². The molecule has 4 rings (SSSR count). The fourth-order valence-corrected chi connectivity index (χ4v) is 2.97. The zero-order valence-electron chi connectivity index (χ0n) is 15.3. The van der Waals surface area contributed by atoms with Crippen LogP contribution in [0.25, 0.3) is 11.4 Å². The first-order chi connectivity index (χ1) is 14.0. The monoisotopic (exact) mass is 418 g/mol. The van der Waals surface area contributed by atoms with Crippen molar-refractivity contribution in [1.29, 1.82) is 0 Å². The number of tetrazole rings is 1. The summed E-state index contributed by atoms with van der Waals surface area (Å²) in [6.07, 6.45) is 1.31. The third kappa shape index (κ3) is 4.33. The number of ether oxygens (including phenoxy) is 2. The van der Waals surface area contributed by atoms with Crippen LogP contribution in [0.15, 0.2) is 36.5 Å². The van der Waals surface area contributed by atoms with E-state index < -0.39 is 5.82 Å². The SMILES string of the molecule is COC(=O)CN1CC(n2nnc(-c3ccc(Oc4ncc(Cl)cc4F)cc3)n2)C1. The van der Waals surface area contributed by atoms with E-state index in [9.17, 15) is 9.18 Å². The van der Waals surface area contributed by atoms with Gasteiger partial charge in [-0.25, -0.2) is 9.37 Å². The lowest BCUT2D eigenvalue weighted by molar-refractivity contribution is -0.143. The van der Waals surface area contributed by atoms with E-state index in [-0.39, 0.29) is 29.5 Å². The van der Waals surface area contributed by atoms with Gasteiger partial charge < -0.3 is 9.47 Å². The van der Waals surface area contributed by atoms with Crippen molar-refractivity contribution in [3.05, 3.63) is 47.4 Å². The molecule has 3 heterocycles. The first-order valence-electron chi connectivity index (χ1n) is 8.70. The summed E-state index contributed by atoms with van der Waals surface area (Å²) in [4.78, 5) is 18.6. The molecular formula is C18H16ClFN6O3. The average Bonchev–Trinajstić information content (AvgIpc) is 3.16. The van der Waals surface area contributed by atoms with Crippen molar-refractivity contribution >= 4 is 17.6 Å². The van der Waals surface area contributed by atoms with Crippen molar-refractivity contribution in [1.82, 2.24) is 30.1 Å². The Bertz CT molecular complexity index is 1020. The van der Waals surface area contributed by atoms with Crippen molar-refractivity contribution in [3.8, 4) is 23.0 Å². The molecule has 29 heavy (non-hydrogen) atoms. The molecule has 1 fully saturated rings. The molecule has 11 heteroatoms. The van der Waals surface area contributed by atoms with E-state index in [1.807, 2.05) is 4.90 Å². The first kappa shape index (κ1) is 19.2. The molecule has 2 aromatic heterocycles. The molecule has 0 N–H and O–H groups in total. The standard InChI is InChI=1S/C18H16ClFN6O3/c1-28-16(27)10-25-8-13(9-25)26-23-17(22-24-26)11-2-4-14(5-3-11)29-18-15(20)6-12(19)7-21-18/h2-7,13H,8-10H2,1H3. The van der Waals surface area contributed by atoms with Gasteiger partial charge in [-0.2, -0.15) is 4.80 Å². The Hall–Kier alpha value is -3.11. The van der Waals surface area contributed by atoms with Gasteiger partial charge in [0.05, 0.1) is 24.7 Å². The van der Waals surface area contributed by atoms with Crippen LogP contribution in [-0.2, 0) is 9.53 Å². The minimum Gasteiger partial charge on any atom is -0.468 e. The molecule has 0 aliphatic carbocycles. The molecule has 1 aliphatic rings. The topological polar surface area (TPSA) is 95.3 Å². The van der Waals surface area contributed by atoms with Crippen LogP contribution >= 0.6 is 11.6 Å². The molecule has 1 saturated heterocycles. The molecule has 0 bridgehead atoms. The largest absolute Gasteiger partial charge is 0.468 e. The quantitative estimate of drug-likeness (QED) is 0.563. The Morgan fingerprint density at radius 1 is 1.31 bits per heavy atom. The molecule has 150 valence electrons. The Balaban J connectivity index is 1.38. The van der Waals surface area contributed by atoms with Crippen molar-refractivity contribution in [2.24, 2.45) is 0 Å². The van der Waals surface area contributed by atoms with Crippen molar-refractivity contribution < 1.29 is 18.7 Å². The lowest BCUT2D eigenvalue weighted by Gasteiger charge is -2.36. The Labute approximate surface area is 170 Å². The summed E-state index contributed by atoms with van der Waals surface area (Å²) in [6.45, 7) is 1.55. The van der Waals surface area contributed by atoms with Gasteiger partial charge in [-0.3, -0.25) is 9.69 Å². The summed E-state index contributed by atoms with van der Waals surface area (Å²) >= 11 is 5.68. The van der Waals surface area contributed by atoms with E-state index in [1.165, 1.54) is 13.3 Å². The summed E-state index contributed by atoms with van der Waals surface area (Å²) in [6, 6.07) is 8.00. The van der Waals surface area contributed by atoms with Crippen LogP contribution in [0.1, 0.15) is 6.04 Å². The number of nitrogens with zero attached hydrogens (tertiary/aromatic N) is 6. The van der Waals surface area contributed by atoms with Crippen LogP contribution in [0.3, 0.4) is 0 Å². The molecule has 0 spiro atoms. The number of hydrogen-bond donors (Lipinski definition) is 0. The molecular weight excluding hydrogens is 403 g/mol. The Kier molecular flexibility index (Phi) is 5.36. The first-order valence-corrected chi connectivity index (χ1v) is 9.07. The van der Waals surface area contributed by atoms with Gasteiger partial charge in [0, 0.05) is 24.8 Å². The third-order valence-corrected chi connectivity index (χ3v) is 4.58. The van der Waals surface area contributed by atoms with E-state index in [0.29, 0.717) is 24.7 Å². The lowest BCUT2D eigenvalue weighted by Crippen LogP contribution is -2.50. The fourth-order valence-electron chi connectivity index (χ4n) is 2.82. The summed E-state index contributed by atoms with van der Waals surface area (Å²) in [5.41, 5.74) is 0.735. The van der Waals surface area contributed by atoms with Crippen LogP contribution in [0.4, 0.5) is 4.39 Å². The van der Waals surface area contributed by atoms with Gasteiger partial charge in [-0.05, 0) is 35.5 Å². The number of rotatable bonds is 6. The highest BCUT2D eigenvalue weighted by molar-refractivity contribution is 6.30. The van der Waals surface area contributed by atoms with Gasteiger partial charge in [0.15, 0.2) is 5.82 Å². The minimum atomic E-state index is -0.645. The van der Waals surface area contributed by atoms with E-state index in [4.69, 9.17) is 16.3 Å². The van der Waals surface area contributed by atoms with Crippen molar-refractivity contribution in [2.75, 3.05) is 26.7 Å². The van der Waals surface area contributed by atoms with E-state index >= 15 is 0 Å². The van der Waals surface area contributed by atoms with Gasteiger partial charge in [-0.1, -0.05) is 11.6 Å². The maximum Gasteiger partial charge on any atom is 0.319 e. The number of halogens is 2. The highest BCUT2D eigenvalue weighted by Gasteiger charge is 2.31.